The van der Waals surface area contributed by atoms with Crippen molar-refractivity contribution in [2.75, 3.05) is 158 Å². The summed E-state index contributed by atoms with van der Waals surface area (Å²) < 4.78 is 65.8. The first-order valence-corrected chi connectivity index (χ1v) is 16.7. The van der Waals surface area contributed by atoms with E-state index < -0.39 is 0 Å². The standard InChI is InChI=1S/C33H61NO12/c1-2-3-4-9-35-10-11-36-12-13-37-14-15-38-16-17-39-18-19-40-20-21-41-22-23-42-24-25-43-26-27-44-28-29-45-30-31-46-33-7-5-32(34)6-8-33/h5-8H,2-4,9-31,34H2,1H3. The van der Waals surface area contributed by atoms with E-state index in [1.165, 1.54) is 12.8 Å². The first kappa shape index (κ1) is 42.4. The number of rotatable bonds is 38. The molecule has 0 fully saturated rings. The van der Waals surface area contributed by atoms with Gasteiger partial charge in [-0.25, -0.2) is 0 Å². The van der Waals surface area contributed by atoms with E-state index in [1.54, 1.807) is 12.1 Å². The normalized spacial score (nSPS) is 11.4. The molecule has 0 bridgehead atoms. The highest BCUT2D eigenvalue weighted by atomic mass is 16.6. The summed E-state index contributed by atoms with van der Waals surface area (Å²) in [5.74, 6) is 0.773. The van der Waals surface area contributed by atoms with Gasteiger partial charge in [-0.3, -0.25) is 0 Å². The topological polar surface area (TPSA) is 137 Å². The fourth-order valence-corrected chi connectivity index (χ4v) is 3.54. The van der Waals surface area contributed by atoms with Crippen molar-refractivity contribution in [3.8, 4) is 5.75 Å². The van der Waals surface area contributed by atoms with Crippen LogP contribution in [0.3, 0.4) is 0 Å². The Morgan fingerprint density at radius 3 is 0.891 bits per heavy atom. The lowest BCUT2D eigenvalue weighted by Crippen LogP contribution is -2.15. The number of unbranched alkanes of at least 4 members (excludes halogenated alkanes) is 2. The molecular formula is C33H61NO12. The van der Waals surface area contributed by atoms with Crippen LogP contribution in [-0.4, -0.2) is 152 Å². The molecule has 13 nitrogen and oxygen atoms in total. The van der Waals surface area contributed by atoms with Crippen molar-refractivity contribution in [1.82, 2.24) is 0 Å². The van der Waals surface area contributed by atoms with Crippen molar-refractivity contribution >= 4 is 5.69 Å². The number of hydrogen-bond donors (Lipinski definition) is 1. The average Bonchev–Trinajstić information content (AvgIpc) is 3.07. The van der Waals surface area contributed by atoms with Gasteiger partial charge in [-0.1, -0.05) is 19.8 Å². The number of ether oxygens (including phenoxy) is 12. The molecule has 1 aromatic rings. The van der Waals surface area contributed by atoms with Gasteiger partial charge in [-0.05, 0) is 30.7 Å². The second kappa shape index (κ2) is 36.2. The molecule has 46 heavy (non-hydrogen) atoms. The van der Waals surface area contributed by atoms with E-state index in [-0.39, 0.29) is 0 Å². The summed E-state index contributed by atoms with van der Waals surface area (Å²) in [5.41, 5.74) is 6.35. The van der Waals surface area contributed by atoms with Gasteiger partial charge in [-0.15, -0.1) is 0 Å². The minimum atomic E-state index is 0.477. The third kappa shape index (κ3) is 32.3. The van der Waals surface area contributed by atoms with Gasteiger partial charge < -0.3 is 62.6 Å². The Balaban J connectivity index is 1.62. The zero-order valence-corrected chi connectivity index (χ0v) is 28.2. The molecule has 0 atom stereocenters. The summed E-state index contributed by atoms with van der Waals surface area (Å²) in [4.78, 5) is 0. The molecular weight excluding hydrogens is 602 g/mol. The highest BCUT2D eigenvalue weighted by Gasteiger charge is 1.97. The number of nitrogen functional groups attached to an aromatic ring is 1. The molecule has 0 saturated heterocycles. The van der Waals surface area contributed by atoms with E-state index in [4.69, 9.17) is 62.6 Å². The number of nitrogens with two attached hydrogens (primary N) is 1. The molecule has 0 aromatic heterocycles. The summed E-state index contributed by atoms with van der Waals surface area (Å²) in [6.07, 6.45) is 3.54. The van der Waals surface area contributed by atoms with E-state index in [9.17, 15) is 0 Å². The van der Waals surface area contributed by atoms with Crippen LogP contribution in [0.15, 0.2) is 24.3 Å². The molecule has 0 aliphatic carbocycles. The number of hydrogen-bond acceptors (Lipinski definition) is 13. The Morgan fingerprint density at radius 2 is 0.609 bits per heavy atom. The Labute approximate surface area is 276 Å². The zero-order valence-electron chi connectivity index (χ0n) is 28.2. The summed E-state index contributed by atoms with van der Waals surface area (Å²) in [6.45, 7) is 14.6. The van der Waals surface area contributed by atoms with E-state index >= 15 is 0 Å². The van der Waals surface area contributed by atoms with E-state index in [0.29, 0.717) is 151 Å². The van der Waals surface area contributed by atoms with Gasteiger partial charge in [0.2, 0.25) is 0 Å². The Morgan fingerprint density at radius 1 is 0.348 bits per heavy atom. The monoisotopic (exact) mass is 663 g/mol. The lowest BCUT2D eigenvalue weighted by Gasteiger charge is -2.09. The molecule has 0 spiro atoms. The average molecular weight is 664 g/mol. The van der Waals surface area contributed by atoms with Crippen LogP contribution in [0, 0.1) is 0 Å². The molecule has 270 valence electrons. The van der Waals surface area contributed by atoms with Crippen molar-refractivity contribution < 1.29 is 56.8 Å². The molecule has 0 radical (unpaired) electrons. The minimum Gasteiger partial charge on any atom is -0.491 e. The number of benzene rings is 1. The molecule has 0 saturated carbocycles. The highest BCUT2D eigenvalue weighted by molar-refractivity contribution is 5.41. The van der Waals surface area contributed by atoms with Gasteiger partial charge in [-0.2, -0.15) is 0 Å². The van der Waals surface area contributed by atoms with Crippen molar-refractivity contribution in [3.05, 3.63) is 24.3 Å². The van der Waals surface area contributed by atoms with Crippen LogP contribution in [0.2, 0.25) is 0 Å². The van der Waals surface area contributed by atoms with Gasteiger partial charge in [0.1, 0.15) is 12.4 Å². The smallest absolute Gasteiger partial charge is 0.119 e. The van der Waals surface area contributed by atoms with Gasteiger partial charge in [0.25, 0.3) is 0 Å². The van der Waals surface area contributed by atoms with Gasteiger partial charge in [0.15, 0.2) is 0 Å². The Bertz CT molecular complexity index is 716. The molecule has 0 amide bonds. The largest absolute Gasteiger partial charge is 0.491 e. The van der Waals surface area contributed by atoms with Crippen LogP contribution in [0.1, 0.15) is 26.2 Å². The maximum absolute atomic E-state index is 5.64. The molecule has 1 rings (SSSR count). The summed E-state index contributed by atoms with van der Waals surface area (Å²) in [6, 6.07) is 7.27. The lowest BCUT2D eigenvalue weighted by atomic mass is 10.3. The van der Waals surface area contributed by atoms with Crippen LogP contribution >= 0.6 is 0 Å². The van der Waals surface area contributed by atoms with Crippen LogP contribution in [0.4, 0.5) is 5.69 Å². The second-order valence-corrected chi connectivity index (χ2v) is 9.86. The van der Waals surface area contributed by atoms with Crippen LogP contribution in [-0.2, 0) is 52.1 Å². The maximum Gasteiger partial charge on any atom is 0.119 e. The third-order valence-corrected chi connectivity index (χ3v) is 5.99. The third-order valence-electron chi connectivity index (χ3n) is 5.99. The molecule has 2 N–H and O–H groups in total. The SMILES string of the molecule is CCCCCOCCOCCOCCOCCOCCOCCOCCOCCOCCOCCOCCOc1ccc(N)cc1. The van der Waals surface area contributed by atoms with Crippen LogP contribution in [0.25, 0.3) is 0 Å². The van der Waals surface area contributed by atoms with Crippen molar-refractivity contribution in [1.29, 1.82) is 0 Å². The molecule has 0 aliphatic rings. The summed E-state index contributed by atoms with van der Waals surface area (Å²) >= 11 is 0. The highest BCUT2D eigenvalue weighted by Crippen LogP contribution is 2.12. The van der Waals surface area contributed by atoms with E-state index in [2.05, 4.69) is 6.92 Å². The van der Waals surface area contributed by atoms with Crippen molar-refractivity contribution in [2.45, 2.75) is 26.2 Å². The quantitative estimate of drug-likeness (QED) is 0.0821. The second-order valence-electron chi connectivity index (χ2n) is 9.86. The Kier molecular flexibility index (Phi) is 33.4. The molecule has 13 heteroatoms. The van der Waals surface area contributed by atoms with Crippen molar-refractivity contribution in [2.24, 2.45) is 0 Å². The van der Waals surface area contributed by atoms with Crippen LogP contribution in [0.5, 0.6) is 5.75 Å². The minimum absolute atomic E-state index is 0.477. The van der Waals surface area contributed by atoms with Gasteiger partial charge >= 0.3 is 0 Å². The summed E-state index contributed by atoms with van der Waals surface area (Å²) in [5, 5.41) is 0. The van der Waals surface area contributed by atoms with E-state index in [0.717, 1.165) is 18.8 Å². The fraction of sp³-hybridized carbons (Fsp3) is 0.818. The zero-order chi connectivity index (χ0) is 32.9. The fourth-order valence-electron chi connectivity index (χ4n) is 3.54. The molecule has 0 aliphatic heterocycles. The summed E-state index contributed by atoms with van der Waals surface area (Å²) in [7, 11) is 0. The predicted octanol–water partition coefficient (Wildman–Crippen LogP) is 3.02. The van der Waals surface area contributed by atoms with Crippen LogP contribution < -0.4 is 10.5 Å². The van der Waals surface area contributed by atoms with Gasteiger partial charge in [0, 0.05) is 12.3 Å². The van der Waals surface area contributed by atoms with E-state index in [1.807, 2.05) is 12.1 Å². The first-order chi connectivity index (χ1) is 22.8. The van der Waals surface area contributed by atoms with Crippen molar-refractivity contribution in [3.63, 3.8) is 0 Å². The maximum atomic E-state index is 5.64. The Hall–Kier alpha value is -1.62. The predicted molar refractivity (Wildman–Crippen MR) is 175 cm³/mol. The number of anilines is 1. The molecule has 0 unspecified atom stereocenters. The van der Waals surface area contributed by atoms with Gasteiger partial charge in [0.05, 0.1) is 139 Å². The molecule has 0 heterocycles. The molecule has 1 aromatic carbocycles. The lowest BCUT2D eigenvalue weighted by molar-refractivity contribution is -0.0277. The first-order valence-electron chi connectivity index (χ1n) is 16.7.